The molecule has 0 aliphatic rings. The second-order valence-electron chi connectivity index (χ2n) is 3.66. The number of rotatable bonds is 3. The molecule has 0 aliphatic carbocycles. The molecule has 0 spiro atoms. The number of furan rings is 1. The predicted octanol–water partition coefficient (Wildman–Crippen LogP) is 2.45. The van der Waals surface area contributed by atoms with Gasteiger partial charge in [0.25, 0.3) is 5.91 Å². The number of hydrogen-bond acceptors (Lipinski definition) is 5. The zero-order valence-electron chi connectivity index (χ0n) is 9.79. The fraction of sp³-hybridized carbons (Fsp3) is 0. The molecule has 0 atom stereocenters. The van der Waals surface area contributed by atoms with E-state index in [-0.39, 0.29) is 17.0 Å². The number of nitrogens with zero attached hydrogens (tertiary/aromatic N) is 2. The molecule has 0 unspecified atom stereocenters. The number of anilines is 1. The van der Waals surface area contributed by atoms with E-state index in [0.717, 1.165) is 18.2 Å². The van der Waals surface area contributed by atoms with Gasteiger partial charge in [0, 0.05) is 0 Å². The Balaban J connectivity index is 2.19. The van der Waals surface area contributed by atoms with Crippen molar-refractivity contribution in [3.8, 4) is 6.07 Å². The minimum absolute atomic E-state index is 0.106. The van der Waals surface area contributed by atoms with Crippen LogP contribution in [0.4, 0.5) is 16.0 Å². The van der Waals surface area contributed by atoms with Gasteiger partial charge in [-0.05, 0) is 24.3 Å². The Kier molecular flexibility index (Phi) is 3.43. The third-order valence-corrected chi connectivity index (χ3v) is 2.34. The number of halogens is 1. The molecular formula is C12H6FN3O4. The lowest BCUT2D eigenvalue weighted by Gasteiger charge is -2.04. The standard InChI is InChI=1S/C12H6FN3O4/c13-8-5-7(6-14)1-2-9(8)15-12(17)10-3-4-11(20-10)16(18)19/h1-5H,(H,15,17). The van der Waals surface area contributed by atoms with E-state index in [2.05, 4.69) is 9.73 Å². The van der Waals surface area contributed by atoms with E-state index >= 15 is 0 Å². The molecule has 7 nitrogen and oxygen atoms in total. The molecule has 1 amide bonds. The lowest BCUT2D eigenvalue weighted by molar-refractivity contribution is -0.402. The van der Waals surface area contributed by atoms with Gasteiger partial charge >= 0.3 is 5.88 Å². The fourth-order valence-electron chi connectivity index (χ4n) is 1.42. The lowest BCUT2D eigenvalue weighted by Crippen LogP contribution is -2.12. The maximum Gasteiger partial charge on any atom is 0.433 e. The number of carbonyl (C=O) groups excluding carboxylic acids is 1. The number of nitrogens with one attached hydrogen (secondary N) is 1. The largest absolute Gasteiger partial charge is 0.433 e. The highest BCUT2D eigenvalue weighted by Crippen LogP contribution is 2.19. The van der Waals surface area contributed by atoms with Crippen LogP contribution < -0.4 is 5.32 Å². The molecule has 2 rings (SSSR count). The van der Waals surface area contributed by atoms with E-state index in [4.69, 9.17) is 5.26 Å². The van der Waals surface area contributed by atoms with E-state index in [1.807, 2.05) is 0 Å². The molecule has 1 aromatic heterocycles. The third kappa shape index (κ3) is 2.62. The molecule has 8 heteroatoms. The number of carbonyl (C=O) groups is 1. The number of nitro groups is 1. The molecule has 1 heterocycles. The molecule has 100 valence electrons. The Labute approximate surface area is 111 Å². The molecule has 1 N–H and O–H groups in total. The van der Waals surface area contributed by atoms with Gasteiger partial charge in [-0.1, -0.05) is 0 Å². The van der Waals surface area contributed by atoms with Crippen molar-refractivity contribution in [2.24, 2.45) is 0 Å². The summed E-state index contributed by atoms with van der Waals surface area (Å²) in [5.74, 6) is -2.53. The maximum atomic E-state index is 13.5. The smallest absolute Gasteiger partial charge is 0.395 e. The van der Waals surface area contributed by atoms with Crippen LogP contribution in [0, 0.1) is 27.3 Å². The van der Waals surface area contributed by atoms with E-state index in [1.165, 1.54) is 12.1 Å². The summed E-state index contributed by atoms with van der Waals surface area (Å²) in [6, 6.07) is 7.37. The van der Waals surface area contributed by atoms with Gasteiger partial charge in [0.2, 0.25) is 0 Å². The molecular weight excluding hydrogens is 269 g/mol. The molecule has 0 saturated heterocycles. The second-order valence-corrected chi connectivity index (χ2v) is 3.66. The van der Waals surface area contributed by atoms with Crippen molar-refractivity contribution in [2.45, 2.75) is 0 Å². The first kappa shape index (κ1) is 13.2. The quantitative estimate of drug-likeness (QED) is 0.683. The van der Waals surface area contributed by atoms with Crippen molar-refractivity contribution in [3.05, 3.63) is 57.6 Å². The summed E-state index contributed by atoms with van der Waals surface area (Å²) < 4.78 is 18.2. The summed E-state index contributed by atoms with van der Waals surface area (Å²) in [5, 5.41) is 21.2. The Morgan fingerprint density at radius 1 is 1.40 bits per heavy atom. The highest BCUT2D eigenvalue weighted by Gasteiger charge is 2.18. The number of benzene rings is 1. The van der Waals surface area contributed by atoms with Gasteiger partial charge in [-0.3, -0.25) is 14.9 Å². The van der Waals surface area contributed by atoms with E-state index < -0.39 is 22.5 Å². The second kappa shape index (κ2) is 5.19. The molecule has 0 bridgehead atoms. The summed E-state index contributed by atoms with van der Waals surface area (Å²) in [6.07, 6.45) is 0. The Morgan fingerprint density at radius 2 is 2.15 bits per heavy atom. The van der Waals surface area contributed by atoms with Gasteiger partial charge in [0.1, 0.15) is 10.7 Å². The monoisotopic (exact) mass is 275 g/mol. The van der Waals surface area contributed by atoms with Gasteiger partial charge in [0.15, 0.2) is 5.76 Å². The van der Waals surface area contributed by atoms with Crippen LogP contribution in [0.5, 0.6) is 0 Å². The first-order valence-electron chi connectivity index (χ1n) is 5.26. The molecule has 0 fully saturated rings. The van der Waals surface area contributed by atoms with Crippen molar-refractivity contribution in [3.63, 3.8) is 0 Å². The zero-order valence-corrected chi connectivity index (χ0v) is 9.79. The third-order valence-electron chi connectivity index (χ3n) is 2.34. The Morgan fingerprint density at radius 3 is 2.70 bits per heavy atom. The Hall–Kier alpha value is -3.21. The zero-order chi connectivity index (χ0) is 14.7. The lowest BCUT2D eigenvalue weighted by atomic mass is 10.2. The van der Waals surface area contributed by atoms with Crippen LogP contribution in [0.1, 0.15) is 16.1 Å². The van der Waals surface area contributed by atoms with Crippen LogP contribution >= 0.6 is 0 Å². The van der Waals surface area contributed by atoms with Gasteiger partial charge in [-0.15, -0.1) is 0 Å². The van der Waals surface area contributed by atoms with Crippen molar-refractivity contribution in [2.75, 3.05) is 5.32 Å². The fourth-order valence-corrected chi connectivity index (χ4v) is 1.42. The number of amides is 1. The minimum Gasteiger partial charge on any atom is -0.395 e. The Bertz CT molecular complexity index is 733. The van der Waals surface area contributed by atoms with Crippen LogP contribution in [-0.4, -0.2) is 10.8 Å². The van der Waals surface area contributed by atoms with Gasteiger partial charge in [-0.2, -0.15) is 5.26 Å². The molecule has 2 aromatic rings. The van der Waals surface area contributed by atoms with E-state index in [0.29, 0.717) is 0 Å². The predicted molar refractivity (Wildman–Crippen MR) is 64.4 cm³/mol. The van der Waals surface area contributed by atoms with Crippen LogP contribution in [0.3, 0.4) is 0 Å². The van der Waals surface area contributed by atoms with Crippen molar-refractivity contribution in [1.82, 2.24) is 0 Å². The van der Waals surface area contributed by atoms with E-state index in [1.54, 1.807) is 6.07 Å². The number of nitriles is 1. The number of hydrogen-bond donors (Lipinski definition) is 1. The van der Waals surface area contributed by atoms with Crippen LogP contribution in [0.2, 0.25) is 0 Å². The highest BCUT2D eigenvalue weighted by atomic mass is 19.1. The van der Waals surface area contributed by atoms with Crippen molar-refractivity contribution in [1.29, 1.82) is 5.26 Å². The van der Waals surface area contributed by atoms with Gasteiger partial charge in [-0.25, -0.2) is 4.39 Å². The maximum absolute atomic E-state index is 13.5. The summed E-state index contributed by atoms with van der Waals surface area (Å²) >= 11 is 0. The highest BCUT2D eigenvalue weighted by molar-refractivity contribution is 6.02. The normalized spacial score (nSPS) is 9.80. The average Bonchev–Trinajstić information content (AvgIpc) is 2.91. The van der Waals surface area contributed by atoms with Crippen LogP contribution in [0.25, 0.3) is 0 Å². The SMILES string of the molecule is N#Cc1ccc(NC(=O)c2ccc([N+](=O)[O-])o2)c(F)c1. The molecule has 20 heavy (non-hydrogen) atoms. The topological polar surface area (TPSA) is 109 Å². The van der Waals surface area contributed by atoms with Crippen LogP contribution in [-0.2, 0) is 0 Å². The average molecular weight is 275 g/mol. The van der Waals surface area contributed by atoms with E-state index in [9.17, 15) is 19.3 Å². The minimum atomic E-state index is -0.832. The molecule has 0 saturated carbocycles. The van der Waals surface area contributed by atoms with Gasteiger partial charge in [0.05, 0.1) is 23.4 Å². The summed E-state index contributed by atoms with van der Waals surface area (Å²) in [5.41, 5.74) is -0.0535. The first-order chi connectivity index (χ1) is 9.51. The summed E-state index contributed by atoms with van der Waals surface area (Å²) in [7, 11) is 0. The van der Waals surface area contributed by atoms with Gasteiger partial charge < -0.3 is 9.73 Å². The summed E-state index contributed by atoms with van der Waals surface area (Å²) in [4.78, 5) is 21.3. The summed E-state index contributed by atoms with van der Waals surface area (Å²) in [6.45, 7) is 0. The van der Waals surface area contributed by atoms with Crippen LogP contribution in [0.15, 0.2) is 34.7 Å². The molecule has 1 aromatic carbocycles. The van der Waals surface area contributed by atoms with Crippen molar-refractivity contribution < 1.29 is 18.5 Å². The molecule has 0 aliphatic heterocycles. The van der Waals surface area contributed by atoms with Crippen molar-refractivity contribution >= 4 is 17.5 Å². The molecule has 0 radical (unpaired) electrons. The first-order valence-corrected chi connectivity index (χ1v) is 5.26.